The molecule has 0 aromatic carbocycles. The molecule has 0 amide bonds. The normalized spacial score (nSPS) is 19.5. The lowest BCUT2D eigenvalue weighted by Crippen LogP contribution is -2.35. The average Bonchev–Trinajstić information content (AvgIpc) is 3.12. The van der Waals surface area contributed by atoms with Gasteiger partial charge in [-0.1, -0.05) is 23.3 Å². The van der Waals surface area contributed by atoms with Crippen molar-refractivity contribution in [1.82, 2.24) is 0 Å². The summed E-state index contributed by atoms with van der Waals surface area (Å²) in [6.07, 6.45) is 10.3. The van der Waals surface area contributed by atoms with Crippen molar-refractivity contribution in [1.29, 1.82) is 0 Å². The van der Waals surface area contributed by atoms with Gasteiger partial charge in [0, 0.05) is 0 Å². The molecule has 1 rings (SSSR count). The van der Waals surface area contributed by atoms with Crippen LogP contribution in [0, 0.1) is 5.92 Å². The highest BCUT2D eigenvalue weighted by Gasteiger charge is 2.42. The van der Waals surface area contributed by atoms with E-state index in [1.54, 1.807) is 0 Å². The molecular weight excluding hydrogens is 224 g/mol. The van der Waals surface area contributed by atoms with Gasteiger partial charge in [-0.05, 0) is 65.2 Å². The number of aliphatic hydroxyl groups is 2. The molecule has 1 fully saturated rings. The minimum Gasteiger partial charge on any atom is -0.393 e. The van der Waals surface area contributed by atoms with Crippen LogP contribution in [0.1, 0.15) is 59.3 Å². The van der Waals surface area contributed by atoms with Crippen molar-refractivity contribution in [2.75, 3.05) is 6.61 Å². The summed E-state index contributed by atoms with van der Waals surface area (Å²) in [7, 11) is 0. The van der Waals surface area contributed by atoms with Crippen LogP contribution in [0.15, 0.2) is 23.3 Å². The van der Waals surface area contributed by atoms with Crippen LogP contribution in [-0.2, 0) is 0 Å². The van der Waals surface area contributed by atoms with Crippen molar-refractivity contribution >= 4 is 0 Å². The number of allylic oxidation sites excluding steroid dienone is 4. The predicted molar refractivity (Wildman–Crippen MR) is 76.4 cm³/mol. The van der Waals surface area contributed by atoms with E-state index in [2.05, 4.69) is 32.9 Å². The zero-order valence-corrected chi connectivity index (χ0v) is 12.1. The van der Waals surface area contributed by atoms with Gasteiger partial charge in [0.05, 0.1) is 12.2 Å². The smallest absolute Gasteiger partial charge is 0.0908 e. The summed E-state index contributed by atoms with van der Waals surface area (Å²) in [5, 5.41) is 19.5. The second-order valence-electron chi connectivity index (χ2n) is 5.95. The largest absolute Gasteiger partial charge is 0.393 e. The maximum atomic E-state index is 10.2. The van der Waals surface area contributed by atoms with Crippen LogP contribution < -0.4 is 0 Å². The Balaban J connectivity index is 2.28. The number of aliphatic hydroxyl groups excluding tert-OH is 1. The zero-order chi connectivity index (χ0) is 13.6. The van der Waals surface area contributed by atoms with Gasteiger partial charge in [-0.2, -0.15) is 0 Å². The molecule has 104 valence electrons. The van der Waals surface area contributed by atoms with Crippen molar-refractivity contribution in [3.8, 4) is 0 Å². The van der Waals surface area contributed by atoms with Crippen molar-refractivity contribution in [3.63, 3.8) is 0 Å². The van der Waals surface area contributed by atoms with Crippen LogP contribution in [0.3, 0.4) is 0 Å². The van der Waals surface area contributed by atoms with Crippen molar-refractivity contribution < 1.29 is 10.2 Å². The Morgan fingerprint density at radius 1 is 1.17 bits per heavy atom. The van der Waals surface area contributed by atoms with Gasteiger partial charge in [0.15, 0.2) is 0 Å². The van der Waals surface area contributed by atoms with Crippen molar-refractivity contribution in [3.05, 3.63) is 23.3 Å². The summed E-state index contributed by atoms with van der Waals surface area (Å²) in [6, 6.07) is 0. The lowest BCUT2D eigenvalue weighted by atomic mass is 9.92. The van der Waals surface area contributed by atoms with E-state index in [0.717, 1.165) is 32.1 Å². The van der Waals surface area contributed by atoms with Gasteiger partial charge >= 0.3 is 0 Å². The Bertz CT molecular complexity index is 309. The quantitative estimate of drug-likeness (QED) is 0.648. The summed E-state index contributed by atoms with van der Waals surface area (Å²) in [6.45, 7) is 6.29. The highest BCUT2D eigenvalue weighted by atomic mass is 16.3. The van der Waals surface area contributed by atoms with Gasteiger partial charge in [-0.15, -0.1) is 0 Å². The van der Waals surface area contributed by atoms with Crippen LogP contribution in [0.25, 0.3) is 0 Å². The first-order valence-electron chi connectivity index (χ1n) is 7.10. The fourth-order valence-electron chi connectivity index (χ4n) is 2.29. The Hall–Kier alpha value is -0.600. The Labute approximate surface area is 111 Å². The van der Waals surface area contributed by atoms with E-state index in [4.69, 9.17) is 0 Å². The minimum absolute atomic E-state index is 0.0949. The third kappa shape index (κ3) is 5.36. The maximum Gasteiger partial charge on any atom is 0.0908 e. The van der Waals surface area contributed by atoms with E-state index in [-0.39, 0.29) is 6.61 Å². The molecular formula is C16H28O2. The highest BCUT2D eigenvalue weighted by molar-refractivity contribution is 5.03. The predicted octanol–water partition coefficient (Wildman–Crippen LogP) is 3.59. The van der Waals surface area contributed by atoms with Crippen LogP contribution in [0.2, 0.25) is 0 Å². The van der Waals surface area contributed by atoms with Gasteiger partial charge in [-0.3, -0.25) is 0 Å². The average molecular weight is 252 g/mol. The number of hydrogen-bond donors (Lipinski definition) is 2. The molecule has 2 N–H and O–H groups in total. The van der Waals surface area contributed by atoms with Crippen LogP contribution >= 0.6 is 0 Å². The minimum atomic E-state index is -0.823. The second-order valence-corrected chi connectivity index (χ2v) is 5.95. The fraction of sp³-hybridized carbons (Fsp3) is 0.750. The molecule has 0 aliphatic heterocycles. The van der Waals surface area contributed by atoms with Crippen molar-refractivity contribution in [2.45, 2.75) is 64.9 Å². The molecule has 1 unspecified atom stereocenters. The Morgan fingerprint density at radius 2 is 1.83 bits per heavy atom. The van der Waals surface area contributed by atoms with E-state index in [9.17, 15) is 10.2 Å². The maximum absolute atomic E-state index is 10.2. The number of hydrogen-bond acceptors (Lipinski definition) is 2. The molecule has 1 atom stereocenters. The third-order valence-electron chi connectivity index (χ3n) is 3.77. The lowest BCUT2D eigenvalue weighted by molar-refractivity contribution is -0.0388. The van der Waals surface area contributed by atoms with Gasteiger partial charge < -0.3 is 10.2 Å². The first-order chi connectivity index (χ1) is 8.48. The van der Waals surface area contributed by atoms with Gasteiger partial charge in [0.1, 0.15) is 0 Å². The highest BCUT2D eigenvalue weighted by Crippen LogP contribution is 2.41. The van der Waals surface area contributed by atoms with Gasteiger partial charge in [0.2, 0.25) is 0 Å². The standard InChI is InChI=1S/C16H28O2/c1-13(2)6-4-7-14(3)8-5-11-16(18,12-17)15-9-10-15/h6,8,15,17-18H,4-5,7,9-12H2,1-3H3/b14-8+. The molecule has 0 saturated heterocycles. The molecule has 18 heavy (non-hydrogen) atoms. The van der Waals surface area contributed by atoms with E-state index >= 15 is 0 Å². The zero-order valence-electron chi connectivity index (χ0n) is 12.1. The summed E-state index contributed by atoms with van der Waals surface area (Å²) in [4.78, 5) is 0. The molecule has 0 aromatic rings. The molecule has 1 aliphatic rings. The van der Waals surface area contributed by atoms with Gasteiger partial charge in [0.25, 0.3) is 0 Å². The van der Waals surface area contributed by atoms with Crippen LogP contribution in [0.4, 0.5) is 0 Å². The SMILES string of the molecule is CC(C)=CCC/C(C)=C/CCC(O)(CO)C1CC1. The molecule has 0 radical (unpaired) electrons. The second kappa shape index (κ2) is 7.10. The van der Waals surface area contributed by atoms with E-state index < -0.39 is 5.60 Å². The van der Waals surface area contributed by atoms with Crippen molar-refractivity contribution in [2.24, 2.45) is 5.92 Å². The first kappa shape index (κ1) is 15.5. The summed E-state index contributed by atoms with van der Waals surface area (Å²) in [5.41, 5.74) is 1.92. The lowest BCUT2D eigenvalue weighted by Gasteiger charge is -2.25. The third-order valence-corrected chi connectivity index (χ3v) is 3.77. The van der Waals surface area contributed by atoms with E-state index in [0.29, 0.717) is 12.3 Å². The Morgan fingerprint density at radius 3 is 2.33 bits per heavy atom. The molecule has 0 bridgehead atoms. The summed E-state index contributed by atoms with van der Waals surface area (Å²) >= 11 is 0. The topological polar surface area (TPSA) is 40.5 Å². The first-order valence-corrected chi connectivity index (χ1v) is 7.10. The summed E-state index contributed by atoms with van der Waals surface area (Å²) in [5.74, 6) is 0.335. The number of rotatable bonds is 8. The van der Waals surface area contributed by atoms with E-state index in [1.807, 2.05) is 0 Å². The molecule has 1 aliphatic carbocycles. The molecule has 1 saturated carbocycles. The monoisotopic (exact) mass is 252 g/mol. The molecule has 2 heteroatoms. The molecule has 0 aromatic heterocycles. The van der Waals surface area contributed by atoms with Gasteiger partial charge in [-0.25, -0.2) is 0 Å². The molecule has 0 spiro atoms. The van der Waals surface area contributed by atoms with Crippen LogP contribution in [0.5, 0.6) is 0 Å². The van der Waals surface area contributed by atoms with E-state index in [1.165, 1.54) is 11.1 Å². The summed E-state index contributed by atoms with van der Waals surface area (Å²) < 4.78 is 0. The molecule has 2 nitrogen and oxygen atoms in total. The Kier molecular flexibility index (Phi) is 6.10. The van der Waals surface area contributed by atoms with Crippen LogP contribution in [-0.4, -0.2) is 22.4 Å². The molecule has 0 heterocycles. The fourth-order valence-corrected chi connectivity index (χ4v) is 2.29.